The van der Waals surface area contributed by atoms with Gasteiger partial charge in [0, 0.05) is 11.6 Å². The van der Waals surface area contributed by atoms with Crippen molar-refractivity contribution in [3.8, 4) is 11.5 Å². The van der Waals surface area contributed by atoms with Crippen LogP contribution < -0.4 is 9.47 Å². The Kier molecular flexibility index (Phi) is 5.76. The molecule has 2 aromatic carbocycles. The van der Waals surface area contributed by atoms with E-state index in [9.17, 15) is 19.3 Å². The second kappa shape index (κ2) is 7.80. The molecule has 2 aromatic rings. The SMILES string of the molecule is COc1cc(C(=O)OCc2c(F)cccc2Cl)c([N+](=O)[O-])cc1OC. The lowest BCUT2D eigenvalue weighted by Gasteiger charge is -2.11. The van der Waals surface area contributed by atoms with Gasteiger partial charge in [-0.05, 0) is 12.1 Å². The summed E-state index contributed by atoms with van der Waals surface area (Å²) >= 11 is 5.85. The highest BCUT2D eigenvalue weighted by Gasteiger charge is 2.26. The van der Waals surface area contributed by atoms with Gasteiger partial charge in [-0.1, -0.05) is 17.7 Å². The Bertz CT molecular complexity index is 806. The number of halogens is 2. The van der Waals surface area contributed by atoms with Crippen LogP contribution in [0, 0.1) is 15.9 Å². The predicted octanol–water partition coefficient (Wildman–Crippen LogP) is 3.76. The van der Waals surface area contributed by atoms with Gasteiger partial charge in [0.05, 0.1) is 30.2 Å². The average Bonchev–Trinajstić information content (AvgIpc) is 2.59. The molecule has 0 atom stereocenters. The van der Waals surface area contributed by atoms with Gasteiger partial charge in [-0.3, -0.25) is 10.1 Å². The molecule has 0 aliphatic rings. The third-order valence-electron chi connectivity index (χ3n) is 3.33. The fourth-order valence-corrected chi connectivity index (χ4v) is 2.29. The number of nitro benzene ring substituents is 1. The Morgan fingerprint density at radius 1 is 1.24 bits per heavy atom. The summed E-state index contributed by atoms with van der Waals surface area (Å²) in [5.74, 6) is -1.47. The molecule has 7 nitrogen and oxygen atoms in total. The van der Waals surface area contributed by atoms with E-state index in [1.54, 1.807) is 0 Å². The number of nitro groups is 1. The molecule has 0 fully saturated rings. The van der Waals surface area contributed by atoms with E-state index in [0.29, 0.717) is 0 Å². The Morgan fingerprint density at radius 3 is 2.44 bits per heavy atom. The molecule has 132 valence electrons. The van der Waals surface area contributed by atoms with Gasteiger partial charge >= 0.3 is 5.97 Å². The molecule has 0 spiro atoms. The number of esters is 1. The second-order valence-corrected chi connectivity index (χ2v) is 5.16. The molecule has 0 unspecified atom stereocenters. The van der Waals surface area contributed by atoms with E-state index in [-0.39, 0.29) is 27.6 Å². The van der Waals surface area contributed by atoms with Crippen LogP contribution >= 0.6 is 11.6 Å². The number of nitrogens with zero attached hydrogens (tertiary/aromatic N) is 1. The normalized spacial score (nSPS) is 10.2. The van der Waals surface area contributed by atoms with Crippen molar-refractivity contribution < 1.29 is 28.3 Å². The summed E-state index contributed by atoms with van der Waals surface area (Å²) in [4.78, 5) is 22.7. The van der Waals surface area contributed by atoms with Gasteiger partial charge in [0.15, 0.2) is 11.5 Å². The van der Waals surface area contributed by atoms with E-state index in [2.05, 4.69) is 0 Å². The molecular weight excluding hydrogens is 357 g/mol. The maximum atomic E-state index is 13.7. The van der Waals surface area contributed by atoms with E-state index >= 15 is 0 Å². The molecule has 0 heterocycles. The van der Waals surface area contributed by atoms with Gasteiger partial charge in [-0.25, -0.2) is 9.18 Å². The summed E-state index contributed by atoms with van der Waals surface area (Å²) in [5.41, 5.74) is -0.905. The first-order valence-electron chi connectivity index (χ1n) is 6.89. The van der Waals surface area contributed by atoms with Crippen LogP contribution in [0.1, 0.15) is 15.9 Å². The van der Waals surface area contributed by atoms with Gasteiger partial charge < -0.3 is 14.2 Å². The van der Waals surface area contributed by atoms with Crippen LogP contribution in [0.2, 0.25) is 5.02 Å². The lowest BCUT2D eigenvalue weighted by atomic mass is 10.1. The van der Waals surface area contributed by atoms with Crippen molar-refractivity contribution in [3.63, 3.8) is 0 Å². The average molecular weight is 370 g/mol. The Balaban J connectivity index is 2.33. The number of hydrogen-bond acceptors (Lipinski definition) is 6. The quantitative estimate of drug-likeness (QED) is 0.437. The summed E-state index contributed by atoms with van der Waals surface area (Å²) in [6, 6.07) is 6.18. The summed E-state index contributed by atoms with van der Waals surface area (Å²) in [7, 11) is 2.62. The summed E-state index contributed by atoms with van der Waals surface area (Å²) in [5, 5.41) is 11.3. The number of hydrogen-bond donors (Lipinski definition) is 0. The van der Waals surface area contributed by atoms with Crippen molar-refractivity contribution in [1.29, 1.82) is 0 Å². The largest absolute Gasteiger partial charge is 0.493 e. The number of methoxy groups -OCH3 is 2. The Labute approximate surface area is 147 Å². The lowest BCUT2D eigenvalue weighted by molar-refractivity contribution is -0.385. The first-order valence-corrected chi connectivity index (χ1v) is 7.27. The van der Waals surface area contributed by atoms with Crippen LogP contribution in [0.5, 0.6) is 11.5 Å². The van der Waals surface area contributed by atoms with E-state index in [1.807, 2.05) is 0 Å². The molecule has 0 N–H and O–H groups in total. The fraction of sp³-hybridized carbons (Fsp3) is 0.188. The van der Waals surface area contributed by atoms with Crippen molar-refractivity contribution in [3.05, 3.63) is 62.4 Å². The predicted molar refractivity (Wildman–Crippen MR) is 86.7 cm³/mol. The highest BCUT2D eigenvalue weighted by molar-refractivity contribution is 6.31. The smallest absolute Gasteiger partial charge is 0.345 e. The summed E-state index contributed by atoms with van der Waals surface area (Å²) in [6.45, 7) is -0.476. The first-order chi connectivity index (χ1) is 11.9. The zero-order valence-electron chi connectivity index (χ0n) is 13.2. The topological polar surface area (TPSA) is 87.9 Å². The molecule has 0 saturated heterocycles. The molecule has 0 aliphatic heterocycles. The molecule has 0 saturated carbocycles. The first kappa shape index (κ1) is 18.5. The summed E-state index contributed by atoms with van der Waals surface area (Å²) < 4.78 is 28.7. The van der Waals surface area contributed by atoms with Gasteiger partial charge in [-0.15, -0.1) is 0 Å². The van der Waals surface area contributed by atoms with Crippen molar-refractivity contribution in [2.75, 3.05) is 14.2 Å². The second-order valence-electron chi connectivity index (χ2n) is 4.76. The zero-order valence-corrected chi connectivity index (χ0v) is 14.0. The monoisotopic (exact) mass is 369 g/mol. The fourth-order valence-electron chi connectivity index (χ4n) is 2.07. The maximum absolute atomic E-state index is 13.7. The maximum Gasteiger partial charge on any atom is 0.345 e. The van der Waals surface area contributed by atoms with E-state index in [4.69, 9.17) is 25.8 Å². The molecule has 0 aromatic heterocycles. The Hall–Kier alpha value is -2.87. The number of benzene rings is 2. The van der Waals surface area contributed by atoms with Crippen LogP contribution in [0.25, 0.3) is 0 Å². The van der Waals surface area contributed by atoms with Crippen LogP contribution in [0.15, 0.2) is 30.3 Å². The standard InChI is InChI=1S/C16H13ClFNO6/c1-23-14-6-9(13(19(21)22)7-15(14)24-2)16(20)25-8-10-11(17)4-3-5-12(10)18/h3-7H,8H2,1-2H3. The van der Waals surface area contributed by atoms with Crippen molar-refractivity contribution in [1.82, 2.24) is 0 Å². The molecule has 25 heavy (non-hydrogen) atoms. The highest BCUT2D eigenvalue weighted by atomic mass is 35.5. The number of ether oxygens (including phenoxy) is 3. The van der Waals surface area contributed by atoms with Crippen molar-refractivity contribution >= 4 is 23.3 Å². The highest BCUT2D eigenvalue weighted by Crippen LogP contribution is 2.35. The molecule has 0 aliphatic carbocycles. The molecule has 0 amide bonds. The molecule has 0 radical (unpaired) electrons. The van der Waals surface area contributed by atoms with Crippen LogP contribution in [-0.4, -0.2) is 25.1 Å². The van der Waals surface area contributed by atoms with Crippen molar-refractivity contribution in [2.24, 2.45) is 0 Å². The molecule has 0 bridgehead atoms. The number of carbonyl (C=O) groups is 1. The minimum Gasteiger partial charge on any atom is -0.493 e. The van der Waals surface area contributed by atoms with Gasteiger partial charge in [-0.2, -0.15) is 0 Å². The zero-order chi connectivity index (χ0) is 18.6. The third-order valence-corrected chi connectivity index (χ3v) is 3.68. The number of rotatable bonds is 6. The van der Waals surface area contributed by atoms with Gasteiger partial charge in [0.2, 0.25) is 0 Å². The number of carbonyl (C=O) groups excluding carboxylic acids is 1. The van der Waals surface area contributed by atoms with E-state index in [0.717, 1.165) is 18.2 Å². The lowest BCUT2D eigenvalue weighted by Crippen LogP contribution is -2.10. The van der Waals surface area contributed by atoms with E-state index < -0.39 is 29.0 Å². The third kappa shape index (κ3) is 3.97. The summed E-state index contributed by atoms with van der Waals surface area (Å²) in [6.07, 6.45) is 0. The minimum absolute atomic E-state index is 0.0272. The molecule has 9 heteroatoms. The minimum atomic E-state index is -1.02. The molecular formula is C16H13ClFNO6. The van der Waals surface area contributed by atoms with Crippen LogP contribution in [-0.2, 0) is 11.3 Å². The van der Waals surface area contributed by atoms with Gasteiger partial charge in [0.1, 0.15) is 18.0 Å². The van der Waals surface area contributed by atoms with Crippen LogP contribution in [0.4, 0.5) is 10.1 Å². The van der Waals surface area contributed by atoms with Gasteiger partial charge in [0.25, 0.3) is 5.69 Å². The molecule has 2 rings (SSSR count). The Morgan fingerprint density at radius 2 is 1.88 bits per heavy atom. The van der Waals surface area contributed by atoms with E-state index in [1.165, 1.54) is 26.4 Å². The van der Waals surface area contributed by atoms with Crippen LogP contribution in [0.3, 0.4) is 0 Å². The van der Waals surface area contributed by atoms with Crippen molar-refractivity contribution in [2.45, 2.75) is 6.61 Å².